The molecule has 1 heterocycles. The number of hydrogen-bond acceptors (Lipinski definition) is 4. The molecular weight excluding hydrogens is 448 g/mol. The molecule has 30 heavy (non-hydrogen) atoms. The van der Waals surface area contributed by atoms with E-state index in [1.165, 1.54) is 6.92 Å². The Balaban J connectivity index is 1.89. The van der Waals surface area contributed by atoms with Crippen LogP contribution in [0.2, 0.25) is 0 Å². The second kappa shape index (κ2) is 11.1. The largest absolute Gasteiger partial charge is 0.457 e. The van der Waals surface area contributed by atoms with E-state index < -0.39 is 0 Å². The predicted molar refractivity (Wildman–Crippen MR) is 120 cm³/mol. The zero-order valence-electron chi connectivity index (χ0n) is 18.0. The van der Waals surface area contributed by atoms with Gasteiger partial charge in [-0.15, -0.1) is 0 Å². The van der Waals surface area contributed by atoms with E-state index in [1.54, 1.807) is 0 Å². The molecular formula is C23H29BrN2O4. The van der Waals surface area contributed by atoms with Crippen molar-refractivity contribution in [3.8, 4) is 5.69 Å². The first-order valence-electron chi connectivity index (χ1n) is 10.1. The molecule has 1 amide bonds. The molecule has 0 fully saturated rings. The maximum absolute atomic E-state index is 12.6. The lowest BCUT2D eigenvalue weighted by atomic mass is 10.1. The van der Waals surface area contributed by atoms with Crippen molar-refractivity contribution in [2.45, 2.75) is 53.4 Å². The number of ketones is 1. The van der Waals surface area contributed by atoms with Gasteiger partial charge in [-0.2, -0.15) is 0 Å². The van der Waals surface area contributed by atoms with E-state index in [1.807, 2.05) is 43.5 Å². The van der Waals surface area contributed by atoms with Crippen LogP contribution in [0.25, 0.3) is 5.69 Å². The fraction of sp³-hybridized carbons (Fsp3) is 0.435. The fourth-order valence-corrected chi connectivity index (χ4v) is 3.59. The minimum atomic E-state index is -0.375. The molecule has 0 radical (unpaired) electrons. The van der Waals surface area contributed by atoms with Gasteiger partial charge in [0.2, 0.25) is 11.7 Å². The molecule has 0 aliphatic heterocycles. The summed E-state index contributed by atoms with van der Waals surface area (Å²) >= 11 is 3.51. The highest BCUT2D eigenvalue weighted by molar-refractivity contribution is 9.10. The lowest BCUT2D eigenvalue weighted by molar-refractivity contribution is -0.142. The first-order valence-corrected chi connectivity index (χ1v) is 10.9. The Hall–Kier alpha value is -2.41. The number of aryl methyl sites for hydroxylation is 2. The number of benzene rings is 1. The molecule has 2 rings (SSSR count). The van der Waals surface area contributed by atoms with Crippen LogP contribution in [-0.2, 0) is 14.3 Å². The number of ether oxygens (including phenoxy) is 1. The summed E-state index contributed by atoms with van der Waals surface area (Å²) in [4.78, 5) is 35.3. The van der Waals surface area contributed by atoms with Crippen LogP contribution in [0, 0.1) is 20.8 Å². The van der Waals surface area contributed by atoms with Crippen molar-refractivity contribution in [3.63, 3.8) is 0 Å². The van der Waals surface area contributed by atoms with Gasteiger partial charge in [-0.05, 0) is 63.4 Å². The van der Waals surface area contributed by atoms with Crippen LogP contribution in [-0.4, -0.2) is 35.4 Å². The highest BCUT2D eigenvalue weighted by Crippen LogP contribution is 2.25. The van der Waals surface area contributed by atoms with Crippen LogP contribution < -0.4 is 5.32 Å². The summed E-state index contributed by atoms with van der Waals surface area (Å²) in [5.74, 6) is -0.634. The molecule has 1 N–H and O–H groups in total. The van der Waals surface area contributed by atoms with E-state index in [0.29, 0.717) is 18.5 Å². The Morgan fingerprint density at radius 2 is 1.80 bits per heavy atom. The Labute approximate surface area is 186 Å². The van der Waals surface area contributed by atoms with Crippen LogP contribution >= 0.6 is 15.9 Å². The molecule has 6 nitrogen and oxygen atoms in total. The number of unbranched alkanes of at least 4 members (excludes halogenated alkanes) is 2. The van der Waals surface area contributed by atoms with Crippen molar-refractivity contribution >= 4 is 33.6 Å². The molecule has 0 atom stereocenters. The standard InChI is InChI=1S/C23H29BrN2O4/c1-15-12-19(9-10-21(15)24)26-16(2)13-20(17(26)3)22(28)14-30-23(29)8-6-5-7-11-25-18(4)27/h9-10,12-13H,5-8,11,14H2,1-4H3,(H,25,27). The second-order valence-electron chi connectivity index (χ2n) is 7.43. The first-order chi connectivity index (χ1) is 14.2. The first kappa shape index (κ1) is 23.9. The molecule has 0 spiro atoms. The molecule has 1 aromatic carbocycles. The van der Waals surface area contributed by atoms with E-state index in [9.17, 15) is 14.4 Å². The van der Waals surface area contributed by atoms with Crippen LogP contribution in [0.4, 0.5) is 0 Å². The van der Waals surface area contributed by atoms with E-state index in [0.717, 1.165) is 40.0 Å². The summed E-state index contributed by atoms with van der Waals surface area (Å²) in [5, 5.41) is 2.72. The lowest BCUT2D eigenvalue weighted by Gasteiger charge is -2.11. The molecule has 7 heteroatoms. The number of halogens is 1. The maximum Gasteiger partial charge on any atom is 0.306 e. The fourth-order valence-electron chi connectivity index (χ4n) is 3.34. The Kier molecular flexibility index (Phi) is 8.84. The number of carbonyl (C=O) groups excluding carboxylic acids is 3. The Morgan fingerprint density at radius 1 is 1.07 bits per heavy atom. The topological polar surface area (TPSA) is 77.4 Å². The summed E-state index contributed by atoms with van der Waals surface area (Å²) in [5.41, 5.74) is 4.44. The average molecular weight is 477 g/mol. The molecule has 0 aliphatic rings. The highest BCUT2D eigenvalue weighted by Gasteiger charge is 2.18. The van der Waals surface area contributed by atoms with Gasteiger partial charge in [-0.1, -0.05) is 22.4 Å². The monoisotopic (exact) mass is 476 g/mol. The van der Waals surface area contributed by atoms with E-state index in [4.69, 9.17) is 4.74 Å². The number of nitrogens with zero attached hydrogens (tertiary/aromatic N) is 1. The predicted octanol–water partition coefficient (Wildman–Crippen LogP) is 4.59. The highest BCUT2D eigenvalue weighted by atomic mass is 79.9. The number of esters is 1. The molecule has 0 aliphatic carbocycles. The second-order valence-corrected chi connectivity index (χ2v) is 8.29. The lowest BCUT2D eigenvalue weighted by Crippen LogP contribution is -2.20. The maximum atomic E-state index is 12.6. The number of Topliss-reactive ketones (excluding diaryl/α,β-unsaturated/α-hetero) is 1. The molecule has 0 bridgehead atoms. The molecule has 0 saturated carbocycles. The van der Waals surface area contributed by atoms with Crippen LogP contribution in [0.1, 0.15) is 59.9 Å². The number of hydrogen-bond donors (Lipinski definition) is 1. The number of carbonyl (C=O) groups is 3. The van der Waals surface area contributed by atoms with Gasteiger partial charge in [-0.25, -0.2) is 0 Å². The van der Waals surface area contributed by atoms with Crippen molar-refractivity contribution in [2.75, 3.05) is 13.2 Å². The molecule has 0 unspecified atom stereocenters. The number of aromatic nitrogens is 1. The summed E-state index contributed by atoms with van der Waals surface area (Å²) in [6.45, 7) is 7.70. The van der Waals surface area contributed by atoms with Gasteiger partial charge in [0.05, 0.1) is 0 Å². The third-order valence-corrected chi connectivity index (χ3v) is 5.82. The van der Waals surface area contributed by atoms with E-state index in [-0.39, 0.29) is 30.7 Å². The van der Waals surface area contributed by atoms with Crippen LogP contribution in [0.3, 0.4) is 0 Å². The average Bonchev–Trinajstić information content (AvgIpc) is 2.99. The summed E-state index contributed by atoms with van der Waals surface area (Å²) in [6, 6.07) is 7.88. The van der Waals surface area contributed by atoms with Gasteiger partial charge in [0.1, 0.15) is 0 Å². The van der Waals surface area contributed by atoms with Gasteiger partial charge < -0.3 is 14.6 Å². The van der Waals surface area contributed by atoms with Crippen molar-refractivity contribution in [3.05, 3.63) is 51.3 Å². The van der Waals surface area contributed by atoms with Crippen LogP contribution in [0.5, 0.6) is 0 Å². The number of nitrogens with one attached hydrogen (secondary N) is 1. The third kappa shape index (κ3) is 6.55. The third-order valence-electron chi connectivity index (χ3n) is 4.93. The van der Waals surface area contributed by atoms with Crippen molar-refractivity contribution in [1.82, 2.24) is 9.88 Å². The quantitative estimate of drug-likeness (QED) is 0.309. The summed E-state index contributed by atoms with van der Waals surface area (Å²) < 4.78 is 8.24. The number of amides is 1. The van der Waals surface area contributed by atoms with Crippen molar-refractivity contribution < 1.29 is 19.1 Å². The molecule has 1 aromatic heterocycles. The van der Waals surface area contributed by atoms with Gasteiger partial charge in [-0.3, -0.25) is 14.4 Å². The summed E-state index contributed by atoms with van der Waals surface area (Å²) in [6.07, 6.45) is 2.57. The zero-order valence-corrected chi connectivity index (χ0v) is 19.6. The van der Waals surface area contributed by atoms with Crippen molar-refractivity contribution in [2.24, 2.45) is 0 Å². The van der Waals surface area contributed by atoms with Gasteiger partial charge >= 0.3 is 5.97 Å². The summed E-state index contributed by atoms with van der Waals surface area (Å²) in [7, 11) is 0. The van der Waals surface area contributed by atoms with Gasteiger partial charge in [0.15, 0.2) is 6.61 Å². The minimum absolute atomic E-state index is 0.0532. The Morgan fingerprint density at radius 3 is 2.47 bits per heavy atom. The zero-order chi connectivity index (χ0) is 22.3. The SMILES string of the molecule is CC(=O)NCCCCCC(=O)OCC(=O)c1cc(C)n(-c2ccc(Br)c(C)c2)c1C. The van der Waals surface area contributed by atoms with Crippen LogP contribution in [0.15, 0.2) is 28.7 Å². The molecule has 162 valence electrons. The van der Waals surface area contributed by atoms with Gasteiger partial charge in [0.25, 0.3) is 0 Å². The Bertz CT molecular complexity index is 934. The minimum Gasteiger partial charge on any atom is -0.457 e. The van der Waals surface area contributed by atoms with Gasteiger partial charge in [0, 0.05) is 47.0 Å². The molecule has 2 aromatic rings. The van der Waals surface area contributed by atoms with E-state index in [2.05, 4.69) is 27.3 Å². The normalized spacial score (nSPS) is 10.7. The van der Waals surface area contributed by atoms with Crippen molar-refractivity contribution in [1.29, 1.82) is 0 Å². The smallest absolute Gasteiger partial charge is 0.306 e. The number of rotatable bonds is 10. The molecule has 0 saturated heterocycles. The van der Waals surface area contributed by atoms with E-state index >= 15 is 0 Å².